The van der Waals surface area contributed by atoms with Gasteiger partial charge in [0.2, 0.25) is 17.8 Å². The molecule has 0 spiro atoms. The topological polar surface area (TPSA) is 48.4 Å². The minimum absolute atomic E-state index is 0.559. The van der Waals surface area contributed by atoms with E-state index in [1.165, 1.54) is 0 Å². The van der Waals surface area contributed by atoms with Crippen LogP contribution in [0.25, 0.3) is 0 Å². The van der Waals surface area contributed by atoms with Crippen LogP contribution in [-0.2, 0) is 0 Å². The number of thiol groups is 1. The lowest BCUT2D eigenvalue weighted by Crippen LogP contribution is -2.24. The predicted molar refractivity (Wildman–Crippen MR) is 70.7 cm³/mol. The van der Waals surface area contributed by atoms with Crippen LogP contribution in [0.3, 0.4) is 0 Å². The Bertz CT molecular complexity index is 328. The van der Waals surface area contributed by atoms with E-state index in [1.54, 1.807) is 0 Å². The number of nitrogens with zero attached hydrogens (tertiary/aromatic N) is 6. The van der Waals surface area contributed by atoms with Crippen molar-refractivity contribution in [3.63, 3.8) is 0 Å². The third-order valence-corrected chi connectivity index (χ3v) is 2.38. The molecular weight excluding hydrogens is 224 g/mol. The first-order valence-electron chi connectivity index (χ1n) is 4.88. The van der Waals surface area contributed by atoms with Crippen LogP contribution >= 0.6 is 12.6 Å². The second-order valence-corrected chi connectivity index (χ2v) is 4.15. The lowest BCUT2D eigenvalue weighted by Gasteiger charge is -2.19. The summed E-state index contributed by atoms with van der Waals surface area (Å²) in [6.07, 6.45) is 0. The van der Waals surface area contributed by atoms with E-state index in [1.807, 2.05) is 49.9 Å². The number of hydrogen-bond donors (Lipinski definition) is 1. The van der Waals surface area contributed by atoms with Crippen LogP contribution in [0.2, 0.25) is 0 Å². The minimum atomic E-state index is 0.559. The molecule has 0 fully saturated rings. The fourth-order valence-electron chi connectivity index (χ4n) is 0.977. The molecule has 0 aliphatic rings. The molecule has 0 saturated heterocycles. The minimum Gasteiger partial charge on any atom is -0.347 e. The summed E-state index contributed by atoms with van der Waals surface area (Å²) in [6.45, 7) is 0. The van der Waals surface area contributed by atoms with E-state index in [-0.39, 0.29) is 0 Å². The Morgan fingerprint density at radius 3 is 1.50 bits per heavy atom. The van der Waals surface area contributed by atoms with E-state index < -0.39 is 0 Å². The van der Waals surface area contributed by atoms with E-state index in [9.17, 15) is 0 Å². The molecule has 0 aromatic carbocycles. The summed E-state index contributed by atoms with van der Waals surface area (Å²) in [6, 6.07) is 0. The maximum Gasteiger partial charge on any atom is 0.232 e. The zero-order valence-corrected chi connectivity index (χ0v) is 11.2. The summed E-state index contributed by atoms with van der Waals surface area (Å²) in [5, 5.41) is 0. The zero-order chi connectivity index (χ0) is 12.3. The Labute approximate surface area is 102 Å². The monoisotopic (exact) mass is 242 g/mol. The normalized spacial score (nSPS) is 10.1. The first-order chi connectivity index (χ1) is 7.45. The molecule has 0 atom stereocenters. The molecule has 16 heavy (non-hydrogen) atoms. The highest BCUT2D eigenvalue weighted by molar-refractivity contribution is 7.80. The van der Waals surface area contributed by atoms with Crippen LogP contribution in [0.15, 0.2) is 0 Å². The fourth-order valence-corrected chi connectivity index (χ4v) is 1.10. The molecule has 6 nitrogen and oxygen atoms in total. The third kappa shape index (κ3) is 2.88. The molecule has 0 bridgehead atoms. The van der Waals surface area contributed by atoms with Crippen molar-refractivity contribution in [2.45, 2.75) is 0 Å². The average Bonchev–Trinajstić information content (AvgIpc) is 2.27. The van der Waals surface area contributed by atoms with E-state index >= 15 is 0 Å². The van der Waals surface area contributed by atoms with Crippen LogP contribution < -0.4 is 14.7 Å². The molecule has 0 N–H and O–H groups in total. The molecule has 0 aliphatic carbocycles. The molecule has 7 heteroatoms. The van der Waals surface area contributed by atoms with Crippen LogP contribution in [0, 0.1) is 0 Å². The summed E-state index contributed by atoms with van der Waals surface area (Å²) in [4.78, 5) is 18.6. The Balaban J connectivity index is 3.18. The second-order valence-electron chi connectivity index (χ2n) is 3.86. The third-order valence-electron chi connectivity index (χ3n) is 1.95. The van der Waals surface area contributed by atoms with Crippen molar-refractivity contribution in [3.05, 3.63) is 0 Å². The lowest BCUT2D eigenvalue weighted by molar-refractivity contribution is 0.881. The number of anilines is 3. The van der Waals surface area contributed by atoms with Gasteiger partial charge in [0, 0.05) is 35.2 Å². The first-order valence-corrected chi connectivity index (χ1v) is 5.51. The zero-order valence-electron chi connectivity index (χ0n) is 10.3. The summed E-state index contributed by atoms with van der Waals surface area (Å²) >= 11 is 4.20. The molecule has 0 amide bonds. The fraction of sp³-hybridized carbons (Fsp3) is 0.667. The van der Waals surface area contributed by atoms with Gasteiger partial charge in [-0.2, -0.15) is 27.6 Å². The van der Waals surface area contributed by atoms with E-state index in [0.29, 0.717) is 23.7 Å². The summed E-state index contributed by atoms with van der Waals surface area (Å²) in [5.41, 5.74) is 0. The largest absolute Gasteiger partial charge is 0.347 e. The van der Waals surface area contributed by atoms with E-state index in [2.05, 4.69) is 27.6 Å². The Kier molecular flexibility index (Phi) is 4.17. The van der Waals surface area contributed by atoms with Gasteiger partial charge in [-0.1, -0.05) is 0 Å². The maximum absolute atomic E-state index is 4.34. The van der Waals surface area contributed by atoms with Crippen LogP contribution in [0.4, 0.5) is 17.8 Å². The molecule has 0 unspecified atom stereocenters. The second kappa shape index (κ2) is 5.20. The summed E-state index contributed by atoms with van der Waals surface area (Å²) < 4.78 is 0. The van der Waals surface area contributed by atoms with Gasteiger partial charge in [0.05, 0.1) is 5.88 Å². The van der Waals surface area contributed by atoms with Gasteiger partial charge in [-0.25, -0.2) is 0 Å². The first kappa shape index (κ1) is 12.8. The summed E-state index contributed by atoms with van der Waals surface area (Å²) in [7, 11) is 9.50. The highest BCUT2D eigenvalue weighted by atomic mass is 32.1. The molecule has 1 aromatic rings. The predicted octanol–water partition coefficient (Wildman–Crippen LogP) is 0.327. The van der Waals surface area contributed by atoms with Crippen molar-refractivity contribution in [1.29, 1.82) is 0 Å². The molecule has 1 aromatic heterocycles. The number of hydrogen-bond acceptors (Lipinski definition) is 7. The van der Waals surface area contributed by atoms with Gasteiger partial charge in [-0.05, 0) is 0 Å². The highest BCUT2D eigenvalue weighted by Gasteiger charge is 2.11. The van der Waals surface area contributed by atoms with Gasteiger partial charge < -0.3 is 14.7 Å². The SMILES string of the molecule is CN(C)c1nc(N(C)C)nc(N(C)CS)n1. The number of aromatic nitrogens is 3. The lowest BCUT2D eigenvalue weighted by atomic mass is 10.7. The van der Waals surface area contributed by atoms with Crippen molar-refractivity contribution in [2.75, 3.05) is 55.8 Å². The van der Waals surface area contributed by atoms with Crippen LogP contribution in [-0.4, -0.2) is 56.1 Å². The Hall–Kier alpha value is -1.24. The van der Waals surface area contributed by atoms with E-state index in [4.69, 9.17) is 0 Å². The maximum atomic E-state index is 4.34. The van der Waals surface area contributed by atoms with Crippen molar-refractivity contribution in [1.82, 2.24) is 15.0 Å². The van der Waals surface area contributed by atoms with Crippen LogP contribution in [0.1, 0.15) is 0 Å². The van der Waals surface area contributed by atoms with E-state index in [0.717, 1.165) is 0 Å². The van der Waals surface area contributed by atoms with Gasteiger partial charge in [0.1, 0.15) is 0 Å². The molecular formula is C9H18N6S. The van der Waals surface area contributed by atoms with Gasteiger partial charge in [-0.3, -0.25) is 0 Å². The molecule has 0 aliphatic heterocycles. The van der Waals surface area contributed by atoms with Gasteiger partial charge in [0.25, 0.3) is 0 Å². The molecule has 0 saturated carbocycles. The van der Waals surface area contributed by atoms with Crippen molar-refractivity contribution >= 4 is 30.5 Å². The van der Waals surface area contributed by atoms with Crippen molar-refractivity contribution in [3.8, 4) is 0 Å². The van der Waals surface area contributed by atoms with Crippen LogP contribution in [0.5, 0.6) is 0 Å². The standard InChI is InChI=1S/C9H18N6S/c1-13(2)7-10-8(14(3)4)12-9(11-7)15(5)6-16/h16H,6H2,1-5H3. The molecule has 90 valence electrons. The average molecular weight is 242 g/mol. The van der Waals surface area contributed by atoms with Crippen molar-refractivity contribution in [2.24, 2.45) is 0 Å². The Morgan fingerprint density at radius 1 is 0.812 bits per heavy atom. The quantitative estimate of drug-likeness (QED) is 0.606. The molecule has 0 radical (unpaired) electrons. The Morgan fingerprint density at radius 2 is 1.19 bits per heavy atom. The molecule has 1 heterocycles. The molecule has 1 rings (SSSR count). The van der Waals surface area contributed by atoms with Gasteiger partial charge >= 0.3 is 0 Å². The number of rotatable bonds is 4. The van der Waals surface area contributed by atoms with Crippen molar-refractivity contribution < 1.29 is 0 Å². The summed E-state index contributed by atoms with van der Waals surface area (Å²) in [5.74, 6) is 2.46. The smallest absolute Gasteiger partial charge is 0.232 e. The van der Waals surface area contributed by atoms with Gasteiger partial charge in [0.15, 0.2) is 0 Å². The van der Waals surface area contributed by atoms with Gasteiger partial charge in [-0.15, -0.1) is 0 Å². The highest BCUT2D eigenvalue weighted by Crippen LogP contribution is 2.15.